The van der Waals surface area contributed by atoms with Crippen LogP contribution in [-0.4, -0.2) is 48.9 Å². The standard InChI is InChI=1S/C16H14F3I4NO6S/c17-16(18,19)7(5-31(27,28)29)24-14(25)8-9(11(21)13(23)12(22)10(8)20)15(26)30-6-3-1-2-4-6/h6-7H,1-5H2,(H,24,25)(H,27,28,29). The Morgan fingerprint density at radius 3 is 1.97 bits per heavy atom. The van der Waals surface area contributed by atoms with E-state index in [0.717, 1.165) is 12.8 Å². The first kappa shape index (κ1) is 28.0. The Balaban J connectivity index is 2.52. The van der Waals surface area contributed by atoms with Gasteiger partial charge in [-0.15, -0.1) is 0 Å². The highest BCUT2D eigenvalue weighted by atomic mass is 127. The zero-order chi connectivity index (χ0) is 23.7. The van der Waals surface area contributed by atoms with Crippen LogP contribution in [0.5, 0.6) is 0 Å². The highest BCUT2D eigenvalue weighted by Crippen LogP contribution is 2.35. The summed E-state index contributed by atoms with van der Waals surface area (Å²) in [6.07, 6.45) is -2.40. The van der Waals surface area contributed by atoms with Gasteiger partial charge in [0.05, 0.1) is 11.1 Å². The number of rotatable bonds is 6. The van der Waals surface area contributed by atoms with E-state index in [0.29, 0.717) is 23.6 Å². The summed E-state index contributed by atoms with van der Waals surface area (Å²) in [4.78, 5) is 25.8. The summed E-state index contributed by atoms with van der Waals surface area (Å²) in [5, 5.41) is 1.61. The Labute approximate surface area is 230 Å². The molecule has 1 aromatic rings. The maximum absolute atomic E-state index is 13.3. The van der Waals surface area contributed by atoms with E-state index < -0.39 is 40.0 Å². The predicted molar refractivity (Wildman–Crippen MR) is 139 cm³/mol. The average molecular weight is 913 g/mol. The maximum Gasteiger partial charge on any atom is 0.409 e. The minimum atomic E-state index is -5.15. The van der Waals surface area contributed by atoms with Crippen LogP contribution in [-0.2, 0) is 14.9 Å². The fourth-order valence-electron chi connectivity index (χ4n) is 2.91. The van der Waals surface area contributed by atoms with Gasteiger partial charge in [-0.3, -0.25) is 9.35 Å². The Hall–Kier alpha value is 0.780. The summed E-state index contributed by atoms with van der Waals surface area (Å²) in [6, 6.07) is -2.86. The molecule has 1 amide bonds. The highest BCUT2D eigenvalue weighted by molar-refractivity contribution is 14.1. The number of hydrogen-bond donors (Lipinski definition) is 2. The minimum absolute atomic E-state index is 0.174. The normalized spacial score (nSPS) is 16.3. The van der Waals surface area contributed by atoms with Gasteiger partial charge in [-0.2, -0.15) is 21.6 Å². The number of hydrogen-bond acceptors (Lipinski definition) is 5. The minimum Gasteiger partial charge on any atom is -0.459 e. The van der Waals surface area contributed by atoms with E-state index in [4.69, 9.17) is 9.29 Å². The number of alkyl halides is 3. The van der Waals surface area contributed by atoms with Crippen LogP contribution in [0.2, 0.25) is 0 Å². The molecule has 0 bridgehead atoms. The summed E-state index contributed by atoms with van der Waals surface area (Å²) in [5.74, 6) is -3.87. The number of nitrogens with one attached hydrogen (secondary N) is 1. The van der Waals surface area contributed by atoms with Gasteiger partial charge < -0.3 is 10.1 Å². The number of carbonyl (C=O) groups excluding carboxylic acids is 2. The zero-order valence-electron chi connectivity index (χ0n) is 15.2. The third-order valence-corrected chi connectivity index (χ3v) is 12.5. The number of ether oxygens (including phenoxy) is 1. The van der Waals surface area contributed by atoms with Crippen LogP contribution in [0.25, 0.3) is 0 Å². The van der Waals surface area contributed by atoms with Gasteiger partial charge >= 0.3 is 12.1 Å². The quantitative estimate of drug-likeness (QED) is 0.140. The summed E-state index contributed by atoms with van der Waals surface area (Å²) < 4.78 is 78.0. The Morgan fingerprint density at radius 1 is 1.03 bits per heavy atom. The van der Waals surface area contributed by atoms with E-state index >= 15 is 0 Å². The second-order valence-electron chi connectivity index (χ2n) is 6.63. The molecule has 15 heteroatoms. The topological polar surface area (TPSA) is 110 Å². The summed E-state index contributed by atoms with van der Waals surface area (Å²) in [6.45, 7) is 0. The van der Waals surface area contributed by atoms with Crippen LogP contribution < -0.4 is 5.32 Å². The monoisotopic (exact) mass is 913 g/mol. The predicted octanol–water partition coefficient (Wildman–Crippen LogP) is 4.75. The molecule has 2 N–H and O–H groups in total. The van der Waals surface area contributed by atoms with Gasteiger partial charge in [0.25, 0.3) is 16.0 Å². The van der Waals surface area contributed by atoms with Crippen molar-refractivity contribution in [2.24, 2.45) is 0 Å². The molecule has 0 saturated heterocycles. The number of benzene rings is 1. The van der Waals surface area contributed by atoms with Crippen molar-refractivity contribution < 1.29 is 40.5 Å². The molecule has 0 radical (unpaired) electrons. The van der Waals surface area contributed by atoms with Crippen molar-refractivity contribution in [3.8, 4) is 0 Å². The van der Waals surface area contributed by atoms with Crippen molar-refractivity contribution in [2.75, 3.05) is 5.75 Å². The summed E-state index contributed by atoms with van der Waals surface area (Å²) in [5.41, 5.74) is -0.505. The summed E-state index contributed by atoms with van der Waals surface area (Å²) in [7, 11) is -5.04. The van der Waals surface area contributed by atoms with Gasteiger partial charge in [-0.1, -0.05) is 0 Å². The van der Waals surface area contributed by atoms with E-state index in [-0.39, 0.29) is 20.8 Å². The van der Waals surface area contributed by atoms with Crippen molar-refractivity contribution in [1.29, 1.82) is 0 Å². The molecule has 1 aliphatic rings. The van der Waals surface area contributed by atoms with Crippen molar-refractivity contribution in [3.05, 3.63) is 25.4 Å². The van der Waals surface area contributed by atoms with Gasteiger partial charge in [-0.25, -0.2) is 4.79 Å². The van der Waals surface area contributed by atoms with Crippen LogP contribution in [0.3, 0.4) is 0 Å². The van der Waals surface area contributed by atoms with Gasteiger partial charge in [0.1, 0.15) is 17.9 Å². The largest absolute Gasteiger partial charge is 0.459 e. The first-order valence-corrected chi connectivity index (χ1v) is 14.5. The second kappa shape index (κ2) is 11.0. The van der Waals surface area contributed by atoms with Crippen LogP contribution >= 0.6 is 90.4 Å². The van der Waals surface area contributed by atoms with E-state index in [1.54, 1.807) is 27.9 Å². The lowest BCUT2D eigenvalue weighted by Gasteiger charge is -2.23. The smallest absolute Gasteiger partial charge is 0.409 e. The lowest BCUT2D eigenvalue weighted by molar-refractivity contribution is -0.148. The number of esters is 1. The van der Waals surface area contributed by atoms with E-state index in [9.17, 15) is 31.2 Å². The molecule has 2 rings (SSSR count). The molecule has 31 heavy (non-hydrogen) atoms. The van der Waals surface area contributed by atoms with Crippen LogP contribution in [0.4, 0.5) is 13.2 Å². The SMILES string of the molecule is O=C(NC(CS(=O)(=O)O)C(F)(F)F)c1c(I)c(I)c(I)c(I)c1C(=O)OC1CCCC1. The van der Waals surface area contributed by atoms with Gasteiger partial charge in [-0.05, 0) is 116 Å². The van der Waals surface area contributed by atoms with Crippen LogP contribution in [0.15, 0.2) is 0 Å². The molecule has 1 atom stereocenters. The van der Waals surface area contributed by atoms with E-state index in [1.165, 1.54) is 0 Å². The number of carbonyl (C=O) groups is 2. The Morgan fingerprint density at radius 2 is 1.52 bits per heavy atom. The van der Waals surface area contributed by atoms with Crippen molar-refractivity contribution in [3.63, 3.8) is 0 Å². The highest BCUT2D eigenvalue weighted by Gasteiger charge is 2.44. The van der Waals surface area contributed by atoms with E-state index in [1.807, 2.05) is 67.8 Å². The average Bonchev–Trinajstić information content (AvgIpc) is 3.12. The van der Waals surface area contributed by atoms with Crippen molar-refractivity contribution >= 4 is 112 Å². The fraction of sp³-hybridized carbons (Fsp3) is 0.500. The summed E-state index contributed by atoms with van der Waals surface area (Å²) >= 11 is 7.44. The van der Waals surface area contributed by atoms with Gasteiger partial charge in [0, 0.05) is 14.3 Å². The fourth-order valence-corrected chi connectivity index (χ4v) is 7.26. The third-order valence-electron chi connectivity index (χ3n) is 4.35. The molecule has 1 fully saturated rings. The third kappa shape index (κ3) is 7.38. The molecular weight excluding hydrogens is 899 g/mol. The molecule has 0 heterocycles. The van der Waals surface area contributed by atoms with Crippen molar-refractivity contribution in [2.45, 2.75) is 44.0 Å². The van der Waals surface area contributed by atoms with Crippen LogP contribution in [0.1, 0.15) is 46.4 Å². The lowest BCUT2D eigenvalue weighted by atomic mass is 10.1. The Kier molecular flexibility index (Phi) is 9.96. The van der Waals surface area contributed by atoms with Crippen molar-refractivity contribution in [1.82, 2.24) is 5.32 Å². The van der Waals surface area contributed by atoms with Gasteiger partial charge in [0.2, 0.25) is 0 Å². The maximum atomic E-state index is 13.3. The molecule has 0 aliphatic heterocycles. The molecular formula is C16H14F3I4NO6S. The van der Waals surface area contributed by atoms with E-state index in [2.05, 4.69) is 0 Å². The van der Waals surface area contributed by atoms with Crippen LogP contribution in [0, 0.1) is 14.3 Å². The lowest BCUT2D eigenvalue weighted by Crippen LogP contribution is -2.50. The Bertz CT molecular complexity index is 996. The molecule has 1 unspecified atom stereocenters. The molecule has 1 saturated carbocycles. The number of halogens is 7. The molecule has 0 spiro atoms. The molecule has 1 aliphatic carbocycles. The first-order chi connectivity index (χ1) is 14.1. The second-order valence-corrected chi connectivity index (χ2v) is 12.4. The zero-order valence-corrected chi connectivity index (χ0v) is 24.7. The molecule has 7 nitrogen and oxygen atoms in total. The molecule has 0 aromatic heterocycles. The molecule has 174 valence electrons. The van der Waals surface area contributed by atoms with Gasteiger partial charge in [0.15, 0.2) is 0 Å². The molecule has 1 aromatic carbocycles. The first-order valence-electron chi connectivity index (χ1n) is 8.53. The number of amides is 1.